The van der Waals surface area contributed by atoms with E-state index < -0.39 is 0 Å². The second-order valence-electron chi connectivity index (χ2n) is 6.84. The number of methoxy groups -OCH3 is 1. The molecule has 0 unspecified atom stereocenters. The van der Waals surface area contributed by atoms with Crippen molar-refractivity contribution in [2.24, 2.45) is 0 Å². The van der Waals surface area contributed by atoms with Crippen LogP contribution in [0.2, 0.25) is 0 Å². The van der Waals surface area contributed by atoms with E-state index in [1.54, 1.807) is 55.6 Å². The van der Waals surface area contributed by atoms with Gasteiger partial charge in [-0.1, -0.05) is 59.7 Å². The Balaban J connectivity index is 1.94. The van der Waals surface area contributed by atoms with Crippen LogP contribution in [-0.4, -0.2) is 18.7 Å². The van der Waals surface area contributed by atoms with Gasteiger partial charge in [-0.25, -0.2) is 0 Å². The quantitative estimate of drug-likeness (QED) is 0.439. The van der Waals surface area contributed by atoms with Crippen LogP contribution in [0.4, 0.5) is 5.69 Å². The van der Waals surface area contributed by atoms with Crippen LogP contribution in [0.15, 0.2) is 84.6 Å². The van der Waals surface area contributed by atoms with Gasteiger partial charge < -0.3 is 10.1 Å². The average molecular weight is 385 g/mol. The van der Waals surface area contributed by atoms with Gasteiger partial charge in [-0.3, -0.25) is 9.59 Å². The maximum Gasteiger partial charge on any atom is 0.209 e. The number of hydrogen-bond donors (Lipinski definition) is 1. The van der Waals surface area contributed by atoms with Gasteiger partial charge in [0.2, 0.25) is 5.78 Å². The summed E-state index contributed by atoms with van der Waals surface area (Å²) in [5.41, 5.74) is 4.07. The number of ether oxygens (including phenoxy) is 1. The van der Waals surface area contributed by atoms with E-state index in [1.165, 1.54) is 6.08 Å². The lowest BCUT2D eigenvalue weighted by molar-refractivity contribution is 0.101. The summed E-state index contributed by atoms with van der Waals surface area (Å²) in [4.78, 5) is 25.9. The standard InChI is InChI=1S/C25H23NO3/c1-17-4-8-19(9-5-17)24(27)16-23(25(28)20-10-6-18(2)7-11-20)26-21-12-14-22(29-3)15-13-21/h4-16,26H,1-3H3/b23-16+. The van der Waals surface area contributed by atoms with Crippen LogP contribution in [0.25, 0.3) is 0 Å². The highest BCUT2D eigenvalue weighted by Gasteiger charge is 2.15. The Labute approximate surface area is 170 Å². The molecule has 0 saturated heterocycles. The molecule has 4 nitrogen and oxygen atoms in total. The zero-order valence-electron chi connectivity index (χ0n) is 16.7. The predicted octanol–water partition coefficient (Wildman–Crippen LogP) is 5.37. The Bertz CT molecular complexity index is 1030. The third kappa shape index (κ3) is 5.20. The summed E-state index contributed by atoms with van der Waals surface area (Å²) in [6.07, 6.45) is 1.36. The van der Waals surface area contributed by atoms with E-state index in [1.807, 2.05) is 38.1 Å². The number of ketones is 2. The van der Waals surface area contributed by atoms with Gasteiger partial charge in [0.05, 0.1) is 12.8 Å². The number of aryl methyl sites for hydroxylation is 2. The van der Waals surface area contributed by atoms with Crippen molar-refractivity contribution >= 4 is 17.3 Å². The summed E-state index contributed by atoms with van der Waals surface area (Å²) >= 11 is 0. The molecule has 0 atom stereocenters. The molecule has 0 aliphatic carbocycles. The number of rotatable bonds is 7. The van der Waals surface area contributed by atoms with Gasteiger partial charge in [-0.2, -0.15) is 0 Å². The molecule has 3 rings (SSSR count). The Hall–Kier alpha value is -3.66. The SMILES string of the molecule is COc1ccc(N/C(=C/C(=O)c2ccc(C)cc2)C(=O)c2ccc(C)cc2)cc1. The Morgan fingerprint density at radius 2 is 1.28 bits per heavy atom. The van der Waals surface area contributed by atoms with Crippen LogP contribution in [0, 0.1) is 13.8 Å². The summed E-state index contributed by atoms with van der Waals surface area (Å²) in [5, 5.41) is 3.09. The molecule has 0 aliphatic heterocycles. The van der Waals surface area contributed by atoms with E-state index in [2.05, 4.69) is 5.32 Å². The van der Waals surface area contributed by atoms with Gasteiger partial charge in [0.25, 0.3) is 0 Å². The fourth-order valence-electron chi connectivity index (χ4n) is 2.78. The molecule has 0 saturated carbocycles. The molecule has 0 aromatic heterocycles. The maximum absolute atomic E-state index is 13.1. The highest BCUT2D eigenvalue weighted by molar-refractivity contribution is 6.16. The first-order chi connectivity index (χ1) is 14.0. The monoisotopic (exact) mass is 385 g/mol. The Morgan fingerprint density at radius 1 is 0.759 bits per heavy atom. The molecule has 0 fully saturated rings. The van der Waals surface area contributed by atoms with Crippen molar-refractivity contribution in [1.29, 1.82) is 0 Å². The van der Waals surface area contributed by atoms with Gasteiger partial charge in [-0.05, 0) is 38.1 Å². The Morgan fingerprint density at radius 3 is 1.79 bits per heavy atom. The normalized spacial score (nSPS) is 11.1. The highest BCUT2D eigenvalue weighted by Crippen LogP contribution is 2.19. The van der Waals surface area contributed by atoms with Crippen LogP contribution in [0.5, 0.6) is 5.75 Å². The second-order valence-corrected chi connectivity index (χ2v) is 6.84. The lowest BCUT2D eigenvalue weighted by atomic mass is 10.0. The molecular weight excluding hydrogens is 362 g/mol. The minimum absolute atomic E-state index is 0.213. The zero-order valence-corrected chi connectivity index (χ0v) is 16.7. The first-order valence-corrected chi connectivity index (χ1v) is 9.31. The molecule has 0 bridgehead atoms. The van der Waals surface area contributed by atoms with E-state index in [0.29, 0.717) is 22.6 Å². The molecule has 3 aromatic rings. The summed E-state index contributed by atoms with van der Waals surface area (Å²) in [6, 6.07) is 21.7. The molecule has 1 N–H and O–H groups in total. The van der Waals surface area contributed by atoms with E-state index in [9.17, 15) is 9.59 Å². The molecule has 4 heteroatoms. The maximum atomic E-state index is 13.1. The first kappa shape index (κ1) is 20.1. The number of hydrogen-bond acceptors (Lipinski definition) is 4. The van der Waals surface area contributed by atoms with E-state index in [0.717, 1.165) is 11.1 Å². The van der Waals surface area contributed by atoms with Crippen LogP contribution in [0.1, 0.15) is 31.8 Å². The minimum Gasteiger partial charge on any atom is -0.497 e. The molecule has 3 aromatic carbocycles. The lowest BCUT2D eigenvalue weighted by Crippen LogP contribution is -2.14. The molecule has 0 aliphatic rings. The molecule has 0 radical (unpaired) electrons. The molecule has 29 heavy (non-hydrogen) atoms. The zero-order chi connectivity index (χ0) is 20.8. The minimum atomic E-state index is -0.249. The number of allylic oxidation sites excluding steroid dienone is 2. The number of carbonyl (C=O) groups excluding carboxylic acids is 2. The largest absolute Gasteiger partial charge is 0.497 e. The van der Waals surface area contributed by atoms with Gasteiger partial charge in [0.1, 0.15) is 5.75 Å². The van der Waals surface area contributed by atoms with Crippen molar-refractivity contribution in [2.45, 2.75) is 13.8 Å². The van der Waals surface area contributed by atoms with Crippen molar-refractivity contribution in [2.75, 3.05) is 12.4 Å². The van der Waals surface area contributed by atoms with Crippen molar-refractivity contribution in [3.63, 3.8) is 0 Å². The average Bonchev–Trinajstić information content (AvgIpc) is 2.74. The molecule has 0 amide bonds. The van der Waals surface area contributed by atoms with E-state index >= 15 is 0 Å². The first-order valence-electron chi connectivity index (χ1n) is 9.31. The third-order valence-electron chi connectivity index (χ3n) is 4.54. The van der Waals surface area contributed by atoms with Crippen molar-refractivity contribution < 1.29 is 14.3 Å². The molecular formula is C25H23NO3. The van der Waals surface area contributed by atoms with E-state index in [4.69, 9.17) is 4.74 Å². The molecule has 146 valence electrons. The fourth-order valence-corrected chi connectivity index (χ4v) is 2.78. The number of benzene rings is 3. The van der Waals surface area contributed by atoms with Crippen LogP contribution < -0.4 is 10.1 Å². The smallest absolute Gasteiger partial charge is 0.209 e. The Kier molecular flexibility index (Phi) is 6.25. The van der Waals surface area contributed by atoms with Crippen molar-refractivity contribution in [1.82, 2.24) is 0 Å². The fraction of sp³-hybridized carbons (Fsp3) is 0.120. The van der Waals surface area contributed by atoms with Crippen molar-refractivity contribution in [3.8, 4) is 5.75 Å². The van der Waals surface area contributed by atoms with Crippen LogP contribution in [-0.2, 0) is 0 Å². The van der Waals surface area contributed by atoms with Crippen LogP contribution in [0.3, 0.4) is 0 Å². The summed E-state index contributed by atoms with van der Waals surface area (Å²) in [6.45, 7) is 3.92. The predicted molar refractivity (Wildman–Crippen MR) is 116 cm³/mol. The molecule has 0 spiro atoms. The number of nitrogens with one attached hydrogen (secondary N) is 1. The van der Waals surface area contributed by atoms with Gasteiger partial charge in [0.15, 0.2) is 5.78 Å². The second kappa shape index (κ2) is 9.02. The van der Waals surface area contributed by atoms with Crippen molar-refractivity contribution in [3.05, 3.63) is 107 Å². The number of anilines is 1. The highest BCUT2D eigenvalue weighted by atomic mass is 16.5. The number of Topliss-reactive ketones (excluding diaryl/α,β-unsaturated/α-hetero) is 1. The number of carbonyl (C=O) groups is 2. The van der Waals surface area contributed by atoms with Crippen LogP contribution >= 0.6 is 0 Å². The summed E-state index contributed by atoms with van der Waals surface area (Å²) in [5.74, 6) is 0.226. The molecule has 0 heterocycles. The van der Waals surface area contributed by atoms with Gasteiger partial charge >= 0.3 is 0 Å². The van der Waals surface area contributed by atoms with Gasteiger partial charge in [-0.15, -0.1) is 0 Å². The third-order valence-corrected chi connectivity index (χ3v) is 4.54. The van der Waals surface area contributed by atoms with Gasteiger partial charge in [0, 0.05) is 22.9 Å². The van der Waals surface area contributed by atoms with E-state index in [-0.39, 0.29) is 17.3 Å². The summed E-state index contributed by atoms with van der Waals surface area (Å²) < 4.78 is 5.17. The topological polar surface area (TPSA) is 55.4 Å². The lowest BCUT2D eigenvalue weighted by Gasteiger charge is -2.11. The summed E-state index contributed by atoms with van der Waals surface area (Å²) in [7, 11) is 1.59.